The van der Waals surface area contributed by atoms with Crippen LogP contribution in [0.5, 0.6) is 5.75 Å². The second-order valence-corrected chi connectivity index (χ2v) is 11.7. The molecule has 0 heterocycles. The smallest absolute Gasteiger partial charge is 0.414 e. The van der Waals surface area contributed by atoms with Crippen molar-refractivity contribution in [1.29, 1.82) is 0 Å². The average Bonchev–Trinajstić information content (AvgIpc) is 2.87. The van der Waals surface area contributed by atoms with Crippen molar-refractivity contribution in [2.24, 2.45) is 0 Å². The van der Waals surface area contributed by atoms with E-state index in [0.717, 1.165) is 11.1 Å². The number of hydrogen-bond acceptors (Lipinski definition) is 7. The third kappa shape index (κ3) is 8.89. The lowest BCUT2D eigenvalue weighted by Crippen LogP contribution is -2.36. The van der Waals surface area contributed by atoms with Gasteiger partial charge in [-0.15, -0.1) is 0 Å². The summed E-state index contributed by atoms with van der Waals surface area (Å²) in [5, 5.41) is 11.6. The van der Waals surface area contributed by atoms with E-state index in [1.54, 1.807) is 31.2 Å². The van der Waals surface area contributed by atoms with Crippen molar-refractivity contribution < 1.29 is 32.2 Å². The topological polar surface area (TPSA) is 136 Å². The number of benzene rings is 3. The van der Waals surface area contributed by atoms with E-state index in [4.69, 9.17) is 9.47 Å². The maximum atomic E-state index is 12.5. The van der Waals surface area contributed by atoms with E-state index < -0.39 is 26.7 Å². The molecule has 0 spiro atoms. The van der Waals surface area contributed by atoms with Gasteiger partial charge in [0.25, 0.3) is 10.1 Å². The minimum absolute atomic E-state index is 0.0319. The Hall–Kier alpha value is -4.22. The number of carbonyl (C=O) groups excluding carboxylic acids is 1. The number of hydrogen-bond donors (Lipinski definition) is 1. The molecule has 0 saturated heterocycles. The van der Waals surface area contributed by atoms with Gasteiger partial charge in [0, 0.05) is 24.7 Å². The van der Waals surface area contributed by atoms with Crippen LogP contribution in [0.4, 0.5) is 16.2 Å². The van der Waals surface area contributed by atoms with Gasteiger partial charge in [0.1, 0.15) is 5.60 Å². The number of ether oxygens (including phenoxy) is 2. The number of rotatable bonds is 10. The lowest BCUT2D eigenvalue weighted by molar-refractivity contribution is -0.385. The Kier molecular flexibility index (Phi) is 9.90. The highest BCUT2D eigenvalue weighted by Crippen LogP contribution is 2.29. The maximum Gasteiger partial charge on any atom is 0.414 e. The summed E-state index contributed by atoms with van der Waals surface area (Å²) >= 11 is 0. The van der Waals surface area contributed by atoms with Crippen molar-refractivity contribution in [1.82, 2.24) is 0 Å². The molecule has 0 bridgehead atoms. The normalized spacial score (nSPS) is 11.9. The number of nitro groups is 1. The first-order valence-corrected chi connectivity index (χ1v) is 14.4. The van der Waals surface area contributed by atoms with Crippen molar-refractivity contribution in [2.75, 3.05) is 18.1 Å². The van der Waals surface area contributed by atoms with Crippen LogP contribution in [0.25, 0.3) is 12.2 Å². The first-order chi connectivity index (χ1) is 19.2. The summed E-state index contributed by atoms with van der Waals surface area (Å²) in [5.41, 5.74) is 2.49. The third-order valence-electron chi connectivity index (χ3n) is 5.91. The Morgan fingerprint density at radius 2 is 1.66 bits per heavy atom. The van der Waals surface area contributed by atoms with E-state index in [-0.39, 0.29) is 29.4 Å². The van der Waals surface area contributed by atoms with E-state index in [1.807, 2.05) is 58.0 Å². The van der Waals surface area contributed by atoms with Gasteiger partial charge < -0.3 is 9.47 Å². The molecule has 0 aromatic heterocycles. The highest BCUT2D eigenvalue weighted by molar-refractivity contribution is 7.85. The van der Waals surface area contributed by atoms with Crippen molar-refractivity contribution in [3.8, 4) is 5.75 Å². The molecule has 0 saturated carbocycles. The molecular formula is C30H34N2O8S. The van der Waals surface area contributed by atoms with Crippen LogP contribution in [0, 0.1) is 17.0 Å². The lowest BCUT2D eigenvalue weighted by atomic mass is 10.1. The Morgan fingerprint density at radius 1 is 1.02 bits per heavy atom. The average molecular weight is 583 g/mol. The summed E-state index contributed by atoms with van der Waals surface area (Å²) in [6.45, 7) is 9.47. The van der Waals surface area contributed by atoms with E-state index in [0.29, 0.717) is 23.4 Å². The van der Waals surface area contributed by atoms with Crippen molar-refractivity contribution >= 4 is 39.7 Å². The number of nitrogens with zero attached hydrogens (tertiary/aromatic N) is 2. The van der Waals surface area contributed by atoms with E-state index in [9.17, 15) is 27.9 Å². The Balaban J connectivity index is 1.75. The lowest BCUT2D eigenvalue weighted by Gasteiger charge is -2.26. The molecule has 1 amide bonds. The largest absolute Gasteiger partial charge is 0.486 e. The number of amides is 1. The zero-order valence-electron chi connectivity index (χ0n) is 23.7. The van der Waals surface area contributed by atoms with Gasteiger partial charge in [0.2, 0.25) is 0 Å². The third-order valence-corrected chi connectivity index (χ3v) is 6.86. The predicted octanol–water partition coefficient (Wildman–Crippen LogP) is 6.70. The van der Waals surface area contributed by atoms with Crippen LogP contribution in [-0.2, 0) is 21.3 Å². The van der Waals surface area contributed by atoms with Gasteiger partial charge in [0.05, 0.1) is 16.4 Å². The number of nitro benzene ring substituents is 1. The van der Waals surface area contributed by atoms with Crippen LogP contribution < -0.4 is 9.64 Å². The Bertz CT molecular complexity index is 1540. The molecule has 3 rings (SSSR count). The maximum absolute atomic E-state index is 12.5. The fraction of sp³-hybridized carbons (Fsp3) is 0.300. The molecular weight excluding hydrogens is 548 g/mol. The highest BCUT2D eigenvalue weighted by atomic mass is 32.2. The van der Waals surface area contributed by atoms with Gasteiger partial charge in [-0.3, -0.25) is 19.6 Å². The van der Waals surface area contributed by atoms with Gasteiger partial charge in [-0.25, -0.2) is 4.79 Å². The van der Waals surface area contributed by atoms with Crippen molar-refractivity contribution in [3.63, 3.8) is 0 Å². The molecule has 41 heavy (non-hydrogen) atoms. The van der Waals surface area contributed by atoms with Crippen molar-refractivity contribution in [2.45, 2.75) is 51.5 Å². The summed E-state index contributed by atoms with van der Waals surface area (Å²) in [7, 11) is -4.43. The fourth-order valence-electron chi connectivity index (χ4n) is 4.02. The molecule has 218 valence electrons. The molecule has 0 fully saturated rings. The van der Waals surface area contributed by atoms with Crippen LogP contribution >= 0.6 is 0 Å². The molecule has 1 N–H and O–H groups in total. The SMILES string of the molecule is CCN(C(=O)OC(C)(C)C)c1ccc(/C=C/c2ccc([N+](=O)[O-])c(OCCc3cc(C)ccc3S(=O)(=O)O)c2)cc1. The number of carbonyl (C=O) groups is 1. The molecule has 3 aromatic carbocycles. The quantitative estimate of drug-likeness (QED) is 0.121. The molecule has 0 aliphatic heterocycles. The highest BCUT2D eigenvalue weighted by Gasteiger charge is 2.22. The molecule has 3 aromatic rings. The molecule has 0 unspecified atom stereocenters. The standard InChI is InChI=1S/C30H34N2O8S/c1-6-31(29(33)40-30(3,4)5)25-13-10-22(11-14-25)8-9-23-12-15-26(32(34)35)27(20-23)39-18-17-24-19-21(2)7-16-28(24)41(36,37)38/h7-16,19-20H,6,17-18H2,1-5H3,(H,36,37,38)/b9-8+. The zero-order chi connectivity index (χ0) is 30.4. The summed E-state index contributed by atoms with van der Waals surface area (Å²) < 4.78 is 44.1. The second kappa shape index (κ2) is 13.0. The van der Waals surface area contributed by atoms with Crippen LogP contribution in [-0.4, -0.2) is 42.7 Å². The molecule has 0 radical (unpaired) electrons. The summed E-state index contributed by atoms with van der Waals surface area (Å²) in [4.78, 5) is 24.8. The minimum Gasteiger partial charge on any atom is -0.486 e. The Labute approximate surface area is 240 Å². The van der Waals surface area contributed by atoms with Gasteiger partial charge in [0.15, 0.2) is 5.75 Å². The molecule has 11 heteroatoms. The molecule has 0 aliphatic rings. The predicted molar refractivity (Wildman–Crippen MR) is 158 cm³/mol. The Morgan fingerprint density at radius 3 is 2.24 bits per heavy atom. The molecule has 10 nitrogen and oxygen atoms in total. The van der Waals surface area contributed by atoms with E-state index in [2.05, 4.69) is 0 Å². The van der Waals surface area contributed by atoms with Gasteiger partial charge >= 0.3 is 11.8 Å². The summed E-state index contributed by atoms with van der Waals surface area (Å²) in [6.07, 6.45) is 3.27. The van der Waals surface area contributed by atoms with E-state index >= 15 is 0 Å². The van der Waals surface area contributed by atoms with Crippen LogP contribution in [0.2, 0.25) is 0 Å². The summed E-state index contributed by atoms with van der Waals surface area (Å²) in [5.74, 6) is 0.0319. The van der Waals surface area contributed by atoms with Gasteiger partial charge in [-0.1, -0.05) is 42.0 Å². The first-order valence-electron chi connectivity index (χ1n) is 12.9. The zero-order valence-corrected chi connectivity index (χ0v) is 24.5. The van der Waals surface area contributed by atoms with E-state index in [1.165, 1.54) is 23.1 Å². The van der Waals surface area contributed by atoms with Gasteiger partial charge in [-0.2, -0.15) is 8.42 Å². The van der Waals surface area contributed by atoms with Crippen LogP contribution in [0.15, 0.2) is 65.6 Å². The monoisotopic (exact) mass is 582 g/mol. The fourth-order valence-corrected chi connectivity index (χ4v) is 4.75. The van der Waals surface area contributed by atoms with Gasteiger partial charge in [-0.05, 0) is 81.6 Å². The van der Waals surface area contributed by atoms with Crippen LogP contribution in [0.1, 0.15) is 49.9 Å². The second-order valence-electron chi connectivity index (χ2n) is 10.3. The van der Waals surface area contributed by atoms with Crippen molar-refractivity contribution in [3.05, 3.63) is 93.0 Å². The summed E-state index contributed by atoms with van der Waals surface area (Å²) in [6, 6.07) is 16.3. The number of aryl methyl sites for hydroxylation is 1. The minimum atomic E-state index is -4.43. The molecule has 0 atom stereocenters. The first kappa shape index (κ1) is 31.3. The number of anilines is 1. The molecule has 0 aliphatic carbocycles. The van der Waals surface area contributed by atoms with Crippen LogP contribution in [0.3, 0.4) is 0 Å².